The Morgan fingerprint density at radius 3 is 2.08 bits per heavy atom. The molecule has 2 unspecified atom stereocenters. The summed E-state index contributed by atoms with van der Waals surface area (Å²) in [7, 11) is 0. The molecule has 5 heteroatoms. The lowest BCUT2D eigenvalue weighted by molar-refractivity contribution is 0.160. The number of nitrogens with one attached hydrogen (secondary N) is 1. The van der Waals surface area contributed by atoms with E-state index < -0.39 is 6.10 Å². The van der Waals surface area contributed by atoms with Gasteiger partial charge in [-0.15, -0.1) is 0 Å². The van der Waals surface area contributed by atoms with Gasteiger partial charge in [-0.2, -0.15) is 0 Å². The lowest BCUT2D eigenvalue weighted by atomic mass is 9.96. The van der Waals surface area contributed by atoms with Gasteiger partial charge in [-0.3, -0.25) is 0 Å². The van der Waals surface area contributed by atoms with E-state index in [1.54, 1.807) is 12.1 Å². The van der Waals surface area contributed by atoms with E-state index in [1.807, 2.05) is 24.3 Å². The maximum absolute atomic E-state index is 10.7. The predicted molar refractivity (Wildman–Crippen MR) is 121 cm³/mol. The molecule has 0 amide bonds. The highest BCUT2D eigenvalue weighted by Gasteiger charge is 2.18. The zero-order valence-corrected chi connectivity index (χ0v) is 18.4. The Balaban J connectivity index is 1.83. The zero-order chi connectivity index (χ0) is 18.5. The van der Waals surface area contributed by atoms with E-state index in [9.17, 15) is 5.11 Å². The smallest absolute Gasteiger partial charge is 0.0813 e. The Hall–Kier alpha value is -1.08. The summed E-state index contributed by atoms with van der Waals surface area (Å²) in [6.45, 7) is 0. The van der Waals surface area contributed by atoms with Crippen LogP contribution in [0.4, 0.5) is 5.69 Å². The minimum Gasteiger partial charge on any atom is -0.388 e. The maximum Gasteiger partial charge on any atom is 0.0813 e. The molecule has 134 valence electrons. The van der Waals surface area contributed by atoms with Crippen LogP contribution in [0.25, 0.3) is 0 Å². The van der Waals surface area contributed by atoms with Crippen LogP contribution in [0, 0.1) is 3.57 Å². The summed E-state index contributed by atoms with van der Waals surface area (Å²) in [5.74, 6) is 0. The summed E-state index contributed by atoms with van der Waals surface area (Å²) >= 11 is 11.7. The van der Waals surface area contributed by atoms with Gasteiger partial charge in [0.1, 0.15) is 0 Å². The molecule has 0 aliphatic rings. The minimum absolute atomic E-state index is 0.0196. The maximum atomic E-state index is 10.7. The number of halogens is 3. The number of aliphatic hydroxyl groups excluding tert-OH is 1. The lowest BCUT2D eigenvalue weighted by Crippen LogP contribution is -2.15. The van der Waals surface area contributed by atoms with E-state index in [1.165, 1.54) is 3.57 Å². The summed E-state index contributed by atoms with van der Waals surface area (Å²) in [6, 6.07) is 23.8. The van der Waals surface area contributed by atoms with Gasteiger partial charge in [-0.1, -0.05) is 51.8 Å². The second kappa shape index (κ2) is 9.22. The van der Waals surface area contributed by atoms with Crippen LogP contribution in [0.3, 0.4) is 0 Å². The molecule has 2 atom stereocenters. The number of rotatable bonds is 6. The summed E-state index contributed by atoms with van der Waals surface area (Å²) in [5.41, 5.74) is 3.02. The molecule has 0 saturated carbocycles. The summed E-state index contributed by atoms with van der Waals surface area (Å²) < 4.78 is 2.22. The van der Waals surface area contributed by atoms with Crippen LogP contribution < -0.4 is 5.32 Å². The number of hydrogen-bond acceptors (Lipinski definition) is 2. The number of hydrogen-bond donors (Lipinski definition) is 2. The van der Waals surface area contributed by atoms with Gasteiger partial charge in [0.15, 0.2) is 0 Å². The molecule has 0 heterocycles. The average molecular weight is 543 g/mol. The van der Waals surface area contributed by atoms with E-state index >= 15 is 0 Å². The van der Waals surface area contributed by atoms with Gasteiger partial charge < -0.3 is 10.4 Å². The Labute approximate surface area is 180 Å². The molecule has 0 aliphatic carbocycles. The van der Waals surface area contributed by atoms with E-state index in [4.69, 9.17) is 11.6 Å². The molecule has 2 nitrogen and oxygen atoms in total. The fourth-order valence-corrected chi connectivity index (χ4v) is 3.51. The van der Waals surface area contributed by atoms with Crippen molar-refractivity contribution in [3.05, 3.63) is 97.0 Å². The van der Waals surface area contributed by atoms with Crippen LogP contribution in [-0.2, 0) is 0 Å². The molecule has 0 radical (unpaired) electrons. The second-order valence-corrected chi connectivity index (χ2v) is 8.66. The molecule has 3 aromatic rings. The van der Waals surface area contributed by atoms with Gasteiger partial charge >= 0.3 is 0 Å². The third kappa shape index (κ3) is 5.46. The molecule has 3 rings (SSSR count). The summed E-state index contributed by atoms with van der Waals surface area (Å²) in [4.78, 5) is 0. The van der Waals surface area contributed by atoms with Gasteiger partial charge in [0.2, 0.25) is 0 Å². The molecule has 2 N–H and O–H groups in total. The monoisotopic (exact) mass is 541 g/mol. The van der Waals surface area contributed by atoms with Crippen molar-refractivity contribution in [3.8, 4) is 0 Å². The van der Waals surface area contributed by atoms with Crippen molar-refractivity contribution >= 4 is 55.8 Å². The fraction of sp³-hybridized carbons (Fsp3) is 0.143. The number of benzene rings is 3. The van der Waals surface area contributed by atoms with Gasteiger partial charge in [-0.05, 0) is 82.2 Å². The largest absolute Gasteiger partial charge is 0.388 e. The normalized spacial score (nSPS) is 13.2. The second-order valence-electron chi connectivity index (χ2n) is 6.06. The molecular weight excluding hydrogens is 524 g/mol. The Morgan fingerprint density at radius 2 is 1.46 bits per heavy atom. The SMILES string of the molecule is OC(CC(Nc1ccc(I)cc1)c1ccc(Br)cc1)c1ccc(Cl)cc1. The van der Waals surface area contributed by atoms with Gasteiger partial charge in [-0.25, -0.2) is 0 Å². The average Bonchev–Trinajstić information content (AvgIpc) is 2.64. The van der Waals surface area contributed by atoms with Crippen LogP contribution >= 0.6 is 50.1 Å². The highest BCUT2D eigenvalue weighted by atomic mass is 127. The number of aliphatic hydroxyl groups is 1. The highest BCUT2D eigenvalue weighted by molar-refractivity contribution is 14.1. The lowest BCUT2D eigenvalue weighted by Gasteiger charge is -2.24. The number of anilines is 1. The molecular formula is C21H18BrClINO. The molecule has 3 aromatic carbocycles. The van der Waals surface area contributed by atoms with Crippen LogP contribution in [-0.4, -0.2) is 5.11 Å². The summed E-state index contributed by atoms with van der Waals surface area (Å²) in [5, 5.41) is 14.9. The van der Waals surface area contributed by atoms with Crippen LogP contribution in [0.5, 0.6) is 0 Å². The van der Waals surface area contributed by atoms with Crippen LogP contribution in [0.15, 0.2) is 77.3 Å². The molecule has 0 aliphatic heterocycles. The van der Waals surface area contributed by atoms with E-state index in [0.717, 1.165) is 21.3 Å². The highest BCUT2D eigenvalue weighted by Crippen LogP contribution is 2.31. The van der Waals surface area contributed by atoms with E-state index in [-0.39, 0.29) is 6.04 Å². The molecule has 0 bridgehead atoms. The quantitative estimate of drug-likeness (QED) is 0.329. The first-order valence-corrected chi connectivity index (χ1v) is 10.5. The van der Waals surface area contributed by atoms with Crippen molar-refractivity contribution in [2.75, 3.05) is 5.32 Å². The van der Waals surface area contributed by atoms with E-state index in [0.29, 0.717) is 11.4 Å². The van der Waals surface area contributed by atoms with Crippen molar-refractivity contribution in [2.24, 2.45) is 0 Å². The van der Waals surface area contributed by atoms with Crippen molar-refractivity contribution < 1.29 is 5.11 Å². The Bertz CT molecular complexity index is 837. The van der Waals surface area contributed by atoms with E-state index in [2.05, 4.69) is 80.2 Å². The first-order valence-electron chi connectivity index (χ1n) is 8.22. The third-order valence-electron chi connectivity index (χ3n) is 4.17. The summed E-state index contributed by atoms with van der Waals surface area (Å²) in [6.07, 6.45) is -0.0350. The van der Waals surface area contributed by atoms with Crippen molar-refractivity contribution in [2.45, 2.75) is 18.6 Å². The first-order chi connectivity index (χ1) is 12.5. The van der Waals surface area contributed by atoms with Crippen LogP contribution in [0.2, 0.25) is 5.02 Å². The van der Waals surface area contributed by atoms with Crippen molar-refractivity contribution in [3.63, 3.8) is 0 Å². The Kier molecular flexibility index (Phi) is 6.98. The van der Waals surface area contributed by atoms with Crippen molar-refractivity contribution in [1.29, 1.82) is 0 Å². The zero-order valence-electron chi connectivity index (χ0n) is 13.9. The standard InChI is InChI=1S/C21H18BrClINO/c22-16-5-1-14(2-6-16)20(25-19-11-9-18(24)10-12-19)13-21(26)15-3-7-17(23)8-4-15/h1-12,20-21,25-26H,13H2. The fourth-order valence-electron chi connectivity index (χ4n) is 2.77. The molecule has 0 saturated heterocycles. The molecule has 0 spiro atoms. The third-order valence-corrected chi connectivity index (χ3v) is 5.67. The van der Waals surface area contributed by atoms with Crippen LogP contribution in [0.1, 0.15) is 29.7 Å². The van der Waals surface area contributed by atoms with Crippen molar-refractivity contribution in [1.82, 2.24) is 0 Å². The predicted octanol–water partition coefficient (Wildman–Crippen LogP) is 6.98. The molecule has 0 aromatic heterocycles. The first kappa shape index (κ1) is 19.7. The molecule has 0 fully saturated rings. The van der Waals surface area contributed by atoms with Gasteiger partial charge in [0.05, 0.1) is 12.1 Å². The van der Waals surface area contributed by atoms with Gasteiger partial charge in [0.25, 0.3) is 0 Å². The Morgan fingerprint density at radius 1 is 0.885 bits per heavy atom. The minimum atomic E-state index is -0.586. The molecule has 26 heavy (non-hydrogen) atoms. The topological polar surface area (TPSA) is 32.3 Å². The van der Waals surface area contributed by atoms with Gasteiger partial charge in [0, 0.05) is 25.2 Å².